The molecule has 4 N–H and O–H groups in total. The molecule has 2 rings (SSSR count). The summed E-state index contributed by atoms with van der Waals surface area (Å²) in [6.45, 7) is 0. The molecule has 0 bridgehead atoms. The van der Waals surface area contributed by atoms with Gasteiger partial charge in [0.05, 0.1) is 5.56 Å². The smallest absolute Gasteiger partial charge is 0.254 e. The summed E-state index contributed by atoms with van der Waals surface area (Å²) in [5, 5.41) is 0. The van der Waals surface area contributed by atoms with E-state index in [1.54, 1.807) is 0 Å². The van der Waals surface area contributed by atoms with Crippen LogP contribution in [-0.4, -0.2) is 15.9 Å². The molecule has 1 aromatic carbocycles. The van der Waals surface area contributed by atoms with E-state index < -0.39 is 11.7 Å². The number of carbonyl (C=O) groups is 1. The third-order valence-electron chi connectivity index (χ3n) is 2.25. The van der Waals surface area contributed by atoms with Crippen molar-refractivity contribution in [2.75, 3.05) is 5.73 Å². The second-order valence-electron chi connectivity index (χ2n) is 3.48. The first kappa shape index (κ1) is 12.4. The average molecular weight is 311 g/mol. The molecular formula is C11H8BrFN4O. The summed E-state index contributed by atoms with van der Waals surface area (Å²) in [5.74, 6) is -0.959. The van der Waals surface area contributed by atoms with Gasteiger partial charge in [-0.25, -0.2) is 14.4 Å². The molecule has 7 heteroatoms. The van der Waals surface area contributed by atoms with Crippen molar-refractivity contribution in [2.24, 2.45) is 5.73 Å². The molecule has 18 heavy (non-hydrogen) atoms. The van der Waals surface area contributed by atoms with Gasteiger partial charge in [0.25, 0.3) is 5.91 Å². The molecule has 0 saturated heterocycles. The maximum absolute atomic E-state index is 13.2. The molecule has 0 unspecified atom stereocenters. The minimum absolute atomic E-state index is 0.0336. The number of benzene rings is 1. The lowest BCUT2D eigenvalue weighted by Crippen LogP contribution is -2.15. The first-order chi connectivity index (χ1) is 8.49. The fourth-order valence-corrected chi connectivity index (χ4v) is 1.81. The first-order valence-corrected chi connectivity index (χ1v) is 5.66. The number of hydrogen-bond acceptors (Lipinski definition) is 4. The summed E-state index contributed by atoms with van der Waals surface area (Å²) < 4.78 is 13.8. The van der Waals surface area contributed by atoms with Crippen molar-refractivity contribution >= 4 is 27.7 Å². The lowest BCUT2D eigenvalue weighted by molar-refractivity contribution is 0.100. The van der Waals surface area contributed by atoms with Crippen LogP contribution in [0.2, 0.25) is 0 Å². The van der Waals surface area contributed by atoms with Crippen molar-refractivity contribution in [1.82, 2.24) is 9.97 Å². The number of rotatable bonds is 2. The van der Waals surface area contributed by atoms with Crippen LogP contribution in [0.15, 0.2) is 28.9 Å². The molecule has 0 radical (unpaired) electrons. The highest BCUT2D eigenvalue weighted by Crippen LogP contribution is 2.27. The van der Waals surface area contributed by atoms with Crippen molar-refractivity contribution in [2.45, 2.75) is 0 Å². The van der Waals surface area contributed by atoms with E-state index >= 15 is 0 Å². The van der Waals surface area contributed by atoms with E-state index in [9.17, 15) is 9.18 Å². The molecule has 1 amide bonds. The Morgan fingerprint density at radius 2 is 2.11 bits per heavy atom. The van der Waals surface area contributed by atoms with Crippen LogP contribution in [0.5, 0.6) is 0 Å². The summed E-state index contributed by atoms with van der Waals surface area (Å²) in [6, 6.07) is 4.10. The molecule has 1 aromatic heterocycles. The van der Waals surface area contributed by atoms with Crippen molar-refractivity contribution in [3.05, 3.63) is 40.2 Å². The second-order valence-corrected chi connectivity index (χ2v) is 4.34. The molecule has 0 fully saturated rings. The number of hydrogen-bond donors (Lipinski definition) is 2. The Bertz CT molecular complexity index is 632. The summed E-state index contributed by atoms with van der Waals surface area (Å²) in [5.41, 5.74) is 11.2. The van der Waals surface area contributed by atoms with Crippen LogP contribution in [0.4, 0.5) is 10.2 Å². The highest BCUT2D eigenvalue weighted by molar-refractivity contribution is 9.10. The number of carbonyl (C=O) groups excluding carboxylic acids is 1. The Morgan fingerprint density at radius 3 is 2.72 bits per heavy atom. The molecule has 0 spiro atoms. The Morgan fingerprint density at radius 1 is 1.39 bits per heavy atom. The van der Waals surface area contributed by atoms with Crippen molar-refractivity contribution in [3.63, 3.8) is 0 Å². The van der Waals surface area contributed by atoms with Crippen LogP contribution in [-0.2, 0) is 0 Å². The molecule has 0 aliphatic rings. The number of nitrogens with zero attached hydrogens (tertiary/aromatic N) is 2. The normalized spacial score (nSPS) is 10.3. The number of primary amides is 1. The van der Waals surface area contributed by atoms with Crippen LogP contribution in [0.25, 0.3) is 11.4 Å². The lowest BCUT2D eigenvalue weighted by Gasteiger charge is -2.06. The zero-order valence-electron chi connectivity index (χ0n) is 9.02. The number of amides is 1. The van der Waals surface area contributed by atoms with E-state index in [4.69, 9.17) is 11.5 Å². The van der Waals surface area contributed by atoms with Crippen molar-refractivity contribution in [3.8, 4) is 11.4 Å². The van der Waals surface area contributed by atoms with E-state index in [0.717, 1.165) is 0 Å². The average Bonchev–Trinajstić information content (AvgIpc) is 2.31. The molecule has 5 nitrogen and oxygen atoms in total. The largest absolute Gasteiger partial charge is 0.383 e. The minimum Gasteiger partial charge on any atom is -0.383 e. The number of nitrogen functional groups attached to an aromatic ring is 1. The zero-order valence-corrected chi connectivity index (χ0v) is 10.6. The number of halogens is 2. The minimum atomic E-state index is -0.711. The molecular weight excluding hydrogens is 303 g/mol. The number of aromatic nitrogens is 2. The van der Waals surface area contributed by atoms with E-state index in [1.165, 1.54) is 24.4 Å². The summed E-state index contributed by atoms with van der Waals surface area (Å²) in [4.78, 5) is 18.9. The Balaban J connectivity index is 2.55. The molecule has 0 atom stereocenters. The van der Waals surface area contributed by atoms with Gasteiger partial charge in [-0.1, -0.05) is 15.9 Å². The molecule has 1 heterocycles. The summed E-state index contributed by atoms with van der Waals surface area (Å²) >= 11 is 3.26. The van der Waals surface area contributed by atoms with Gasteiger partial charge in [0.2, 0.25) is 0 Å². The van der Waals surface area contributed by atoms with Gasteiger partial charge in [-0.15, -0.1) is 0 Å². The fraction of sp³-hybridized carbons (Fsp3) is 0. The molecule has 0 saturated carbocycles. The highest BCUT2D eigenvalue weighted by Gasteiger charge is 2.12. The monoisotopic (exact) mass is 310 g/mol. The SMILES string of the molecule is NC(=O)c1cnc(-c2cc(F)ccc2Br)nc1N. The van der Waals surface area contributed by atoms with Gasteiger partial charge in [0, 0.05) is 16.2 Å². The predicted octanol–water partition coefficient (Wildman–Crippen LogP) is 1.73. The summed E-state index contributed by atoms with van der Waals surface area (Å²) in [7, 11) is 0. The topological polar surface area (TPSA) is 94.9 Å². The van der Waals surface area contributed by atoms with Crippen LogP contribution in [0, 0.1) is 5.82 Å². The van der Waals surface area contributed by atoms with E-state index in [-0.39, 0.29) is 17.2 Å². The maximum Gasteiger partial charge on any atom is 0.254 e. The van der Waals surface area contributed by atoms with Crippen LogP contribution >= 0.6 is 15.9 Å². The van der Waals surface area contributed by atoms with Gasteiger partial charge in [-0.3, -0.25) is 4.79 Å². The predicted molar refractivity (Wildman–Crippen MR) is 68.1 cm³/mol. The van der Waals surface area contributed by atoms with Crippen molar-refractivity contribution in [1.29, 1.82) is 0 Å². The van der Waals surface area contributed by atoms with E-state index in [1.807, 2.05) is 0 Å². The lowest BCUT2D eigenvalue weighted by atomic mass is 10.2. The third-order valence-corrected chi connectivity index (χ3v) is 2.94. The Hall–Kier alpha value is -2.02. The van der Waals surface area contributed by atoms with Crippen molar-refractivity contribution < 1.29 is 9.18 Å². The number of nitrogens with two attached hydrogens (primary N) is 2. The van der Waals surface area contributed by atoms with E-state index in [0.29, 0.717) is 10.0 Å². The molecule has 0 aliphatic carbocycles. The standard InChI is InChI=1S/C11H8BrFN4O/c12-8-2-1-5(13)3-6(8)11-16-4-7(10(15)18)9(14)17-11/h1-4H,(H2,15,18)(H2,14,16,17). The van der Waals surface area contributed by atoms with Crippen LogP contribution in [0.3, 0.4) is 0 Å². The second kappa shape index (κ2) is 4.69. The Labute approximate surface area is 110 Å². The van der Waals surface area contributed by atoms with Gasteiger partial charge in [0.15, 0.2) is 5.82 Å². The van der Waals surface area contributed by atoms with Crippen LogP contribution in [0.1, 0.15) is 10.4 Å². The van der Waals surface area contributed by atoms with Gasteiger partial charge in [-0.2, -0.15) is 0 Å². The van der Waals surface area contributed by atoms with Crippen LogP contribution < -0.4 is 11.5 Å². The molecule has 0 aliphatic heterocycles. The van der Waals surface area contributed by atoms with Gasteiger partial charge >= 0.3 is 0 Å². The zero-order chi connectivity index (χ0) is 13.3. The van der Waals surface area contributed by atoms with E-state index in [2.05, 4.69) is 25.9 Å². The van der Waals surface area contributed by atoms with Gasteiger partial charge < -0.3 is 11.5 Å². The van der Waals surface area contributed by atoms with Gasteiger partial charge in [0.1, 0.15) is 11.6 Å². The summed E-state index contributed by atoms with van der Waals surface area (Å²) in [6.07, 6.45) is 1.22. The Kier molecular flexibility index (Phi) is 3.24. The molecule has 2 aromatic rings. The maximum atomic E-state index is 13.2. The fourth-order valence-electron chi connectivity index (χ4n) is 1.38. The quantitative estimate of drug-likeness (QED) is 0.883. The van der Waals surface area contributed by atoms with Gasteiger partial charge in [-0.05, 0) is 18.2 Å². The number of anilines is 1. The third kappa shape index (κ3) is 2.30. The molecule has 92 valence electrons. The first-order valence-electron chi connectivity index (χ1n) is 4.87. The highest BCUT2D eigenvalue weighted by atomic mass is 79.9.